The minimum Gasteiger partial charge on any atom is -0.465 e. The van der Waals surface area contributed by atoms with Gasteiger partial charge in [-0.15, -0.1) is 0 Å². The largest absolute Gasteiger partial charge is 0.465 e. The van der Waals surface area contributed by atoms with Crippen LogP contribution in [-0.4, -0.2) is 31.2 Å². The first-order chi connectivity index (χ1) is 8.69. The fourth-order valence-corrected chi connectivity index (χ4v) is 2.50. The molecule has 1 aliphatic heterocycles. The maximum Gasteiger partial charge on any atom is 0.118 e. The molecule has 0 bridgehead atoms. The monoisotopic (exact) mass is 252 g/mol. The van der Waals surface area contributed by atoms with Crippen LogP contribution in [0.1, 0.15) is 36.3 Å². The normalized spacial score (nSPS) is 20.6. The molecule has 1 saturated heterocycles. The zero-order valence-corrected chi connectivity index (χ0v) is 11.4. The van der Waals surface area contributed by atoms with Crippen molar-refractivity contribution in [2.45, 2.75) is 45.4 Å². The van der Waals surface area contributed by atoms with E-state index in [1.54, 1.807) is 0 Å². The van der Waals surface area contributed by atoms with Crippen molar-refractivity contribution in [3.05, 3.63) is 23.2 Å². The van der Waals surface area contributed by atoms with E-state index in [4.69, 9.17) is 14.9 Å². The molecule has 1 aromatic rings. The average molecular weight is 252 g/mol. The van der Waals surface area contributed by atoms with E-state index in [0.29, 0.717) is 12.6 Å². The predicted molar refractivity (Wildman–Crippen MR) is 71.3 cm³/mol. The third-order valence-electron chi connectivity index (χ3n) is 3.50. The van der Waals surface area contributed by atoms with E-state index >= 15 is 0 Å². The van der Waals surface area contributed by atoms with Gasteiger partial charge in [0.1, 0.15) is 11.5 Å². The first-order valence-corrected chi connectivity index (χ1v) is 6.77. The van der Waals surface area contributed by atoms with Gasteiger partial charge in [-0.05, 0) is 39.3 Å². The van der Waals surface area contributed by atoms with Crippen molar-refractivity contribution >= 4 is 0 Å². The third-order valence-corrected chi connectivity index (χ3v) is 3.50. The Morgan fingerprint density at radius 1 is 1.44 bits per heavy atom. The van der Waals surface area contributed by atoms with Gasteiger partial charge in [-0.3, -0.25) is 4.90 Å². The Morgan fingerprint density at radius 3 is 2.89 bits per heavy atom. The van der Waals surface area contributed by atoms with Crippen molar-refractivity contribution in [2.75, 3.05) is 20.2 Å². The van der Waals surface area contributed by atoms with Gasteiger partial charge in [-0.1, -0.05) is 0 Å². The van der Waals surface area contributed by atoms with Gasteiger partial charge < -0.3 is 14.9 Å². The summed E-state index contributed by atoms with van der Waals surface area (Å²) < 4.78 is 11.3. The maximum atomic E-state index is 5.76. The zero-order chi connectivity index (χ0) is 13.0. The average Bonchev–Trinajstić information content (AvgIpc) is 2.71. The molecule has 4 heteroatoms. The summed E-state index contributed by atoms with van der Waals surface area (Å²) in [6.07, 6.45) is 4.08. The predicted octanol–water partition coefficient (Wildman–Crippen LogP) is 2.05. The second-order valence-corrected chi connectivity index (χ2v) is 5.18. The molecule has 0 saturated carbocycles. The fourth-order valence-electron chi connectivity index (χ4n) is 2.50. The molecule has 0 radical (unpaired) electrons. The number of ether oxygens (including phenoxy) is 1. The molecule has 1 aliphatic rings. The Balaban J connectivity index is 1.85. The fraction of sp³-hybridized carbons (Fsp3) is 0.714. The lowest BCUT2D eigenvalue weighted by molar-refractivity contribution is -0.00264. The van der Waals surface area contributed by atoms with Crippen molar-refractivity contribution in [1.82, 2.24) is 4.90 Å². The van der Waals surface area contributed by atoms with Crippen LogP contribution in [-0.2, 0) is 17.8 Å². The van der Waals surface area contributed by atoms with E-state index in [9.17, 15) is 0 Å². The molecular weight excluding hydrogens is 228 g/mol. The molecule has 2 rings (SSSR count). The van der Waals surface area contributed by atoms with Gasteiger partial charge in [-0.25, -0.2) is 0 Å². The Kier molecular flexibility index (Phi) is 4.80. The molecule has 0 aromatic carbocycles. The smallest absolute Gasteiger partial charge is 0.118 e. The number of aryl methyl sites for hydroxylation is 1. The Labute approximate surface area is 109 Å². The van der Waals surface area contributed by atoms with Crippen LogP contribution in [0.3, 0.4) is 0 Å². The highest BCUT2D eigenvalue weighted by Gasteiger charge is 2.17. The summed E-state index contributed by atoms with van der Waals surface area (Å²) in [5.74, 6) is 1.84. The molecule has 2 heterocycles. The van der Waals surface area contributed by atoms with Crippen LogP contribution < -0.4 is 5.73 Å². The van der Waals surface area contributed by atoms with Crippen LogP contribution >= 0.6 is 0 Å². The molecule has 1 unspecified atom stereocenters. The van der Waals surface area contributed by atoms with E-state index in [0.717, 1.165) is 31.2 Å². The minimum absolute atomic E-state index is 0.393. The van der Waals surface area contributed by atoms with Crippen LogP contribution in [0.25, 0.3) is 0 Å². The molecule has 0 aliphatic carbocycles. The Bertz CT molecular complexity index is 370. The van der Waals surface area contributed by atoms with Crippen molar-refractivity contribution < 1.29 is 9.15 Å². The van der Waals surface area contributed by atoms with E-state index in [2.05, 4.69) is 18.0 Å². The number of nitrogens with two attached hydrogens (primary N) is 1. The molecule has 2 N–H and O–H groups in total. The maximum absolute atomic E-state index is 5.76. The molecular formula is C14H24N2O2. The van der Waals surface area contributed by atoms with Gasteiger partial charge in [0.15, 0.2) is 0 Å². The van der Waals surface area contributed by atoms with Crippen molar-refractivity contribution in [2.24, 2.45) is 5.73 Å². The van der Waals surface area contributed by atoms with Crippen LogP contribution in [0.2, 0.25) is 0 Å². The summed E-state index contributed by atoms with van der Waals surface area (Å²) in [5.41, 5.74) is 6.82. The van der Waals surface area contributed by atoms with Crippen molar-refractivity contribution in [3.8, 4) is 0 Å². The number of furan rings is 1. The first-order valence-electron chi connectivity index (χ1n) is 6.77. The van der Waals surface area contributed by atoms with E-state index in [1.165, 1.54) is 24.8 Å². The number of likely N-dealkylation sites (N-methyl/N-ethyl adjacent to an activating group) is 1. The molecule has 1 aromatic heterocycles. The van der Waals surface area contributed by atoms with Gasteiger partial charge in [0.2, 0.25) is 0 Å². The molecule has 102 valence electrons. The number of hydrogen-bond acceptors (Lipinski definition) is 4. The lowest BCUT2D eigenvalue weighted by Gasteiger charge is -2.27. The summed E-state index contributed by atoms with van der Waals surface area (Å²) >= 11 is 0. The van der Waals surface area contributed by atoms with Gasteiger partial charge in [-0.2, -0.15) is 0 Å². The molecule has 4 nitrogen and oxygen atoms in total. The summed E-state index contributed by atoms with van der Waals surface area (Å²) in [5, 5.41) is 0. The van der Waals surface area contributed by atoms with E-state index in [-0.39, 0.29) is 0 Å². The molecule has 18 heavy (non-hydrogen) atoms. The summed E-state index contributed by atoms with van der Waals surface area (Å²) in [6.45, 7) is 5.27. The van der Waals surface area contributed by atoms with Crippen LogP contribution in [0.5, 0.6) is 0 Å². The number of nitrogens with zero attached hydrogens (tertiary/aromatic N) is 1. The van der Waals surface area contributed by atoms with E-state index in [1.807, 2.05) is 6.92 Å². The highest BCUT2D eigenvalue weighted by Crippen LogP contribution is 2.18. The lowest BCUT2D eigenvalue weighted by atomic mass is 10.1. The molecule has 1 fully saturated rings. The van der Waals surface area contributed by atoms with Crippen molar-refractivity contribution in [1.29, 1.82) is 0 Å². The summed E-state index contributed by atoms with van der Waals surface area (Å²) in [4.78, 5) is 2.30. The standard InChI is InChI=1S/C14H24N2O2/c1-11-12(7-14(8-15)18-11)9-16(2)10-13-5-3-4-6-17-13/h7,13H,3-6,8-10,15H2,1-2H3. The highest BCUT2D eigenvalue weighted by molar-refractivity contribution is 5.20. The third kappa shape index (κ3) is 3.57. The second kappa shape index (κ2) is 6.36. The number of rotatable bonds is 5. The van der Waals surface area contributed by atoms with Gasteiger partial charge >= 0.3 is 0 Å². The van der Waals surface area contributed by atoms with Crippen LogP contribution in [0.4, 0.5) is 0 Å². The number of hydrogen-bond donors (Lipinski definition) is 1. The Hall–Kier alpha value is -0.840. The topological polar surface area (TPSA) is 51.6 Å². The van der Waals surface area contributed by atoms with Gasteiger partial charge in [0.25, 0.3) is 0 Å². The summed E-state index contributed by atoms with van der Waals surface area (Å²) in [7, 11) is 2.13. The molecule has 0 spiro atoms. The van der Waals surface area contributed by atoms with Crippen molar-refractivity contribution in [3.63, 3.8) is 0 Å². The highest BCUT2D eigenvalue weighted by atomic mass is 16.5. The SMILES string of the molecule is Cc1oc(CN)cc1CN(C)CC1CCCCO1. The second-order valence-electron chi connectivity index (χ2n) is 5.18. The quantitative estimate of drug-likeness (QED) is 0.871. The van der Waals surface area contributed by atoms with Crippen LogP contribution in [0.15, 0.2) is 10.5 Å². The van der Waals surface area contributed by atoms with Gasteiger partial charge in [0, 0.05) is 25.3 Å². The van der Waals surface area contributed by atoms with Gasteiger partial charge in [0.05, 0.1) is 12.6 Å². The zero-order valence-electron chi connectivity index (χ0n) is 11.4. The van der Waals surface area contributed by atoms with Crippen LogP contribution in [0, 0.1) is 6.92 Å². The first kappa shape index (κ1) is 13.6. The lowest BCUT2D eigenvalue weighted by Crippen LogP contribution is -2.33. The Morgan fingerprint density at radius 2 is 2.28 bits per heavy atom. The molecule has 0 amide bonds. The summed E-state index contributed by atoms with van der Waals surface area (Å²) in [6, 6.07) is 2.06. The van der Waals surface area contributed by atoms with E-state index < -0.39 is 0 Å². The molecule has 1 atom stereocenters. The minimum atomic E-state index is 0.393.